The predicted octanol–water partition coefficient (Wildman–Crippen LogP) is -7.50. The molecule has 0 bridgehead atoms. The molecule has 0 amide bonds. The van der Waals surface area contributed by atoms with Crippen LogP contribution in [0, 0.1) is 0 Å². The summed E-state index contributed by atoms with van der Waals surface area (Å²) < 4.78 is 0. The van der Waals surface area contributed by atoms with E-state index in [2.05, 4.69) is 0 Å². The second-order valence-corrected chi connectivity index (χ2v) is 1.57. The van der Waals surface area contributed by atoms with Gasteiger partial charge in [-0.05, 0) is 0 Å². The minimum Gasteiger partial charge on any atom is -0.861 e. The normalized spacial score (nSPS) is 8.57. The third kappa shape index (κ3) is 87.8. The van der Waals surface area contributed by atoms with Gasteiger partial charge in [-0.15, -0.1) is 9.05 Å². The SMILES string of the molecule is [Na+].[O-][Si]([O-])([O-])O.[Zn+2]. The Morgan fingerprint density at radius 2 is 1.14 bits per heavy atom. The van der Waals surface area contributed by atoms with Gasteiger partial charge in [-0.1, -0.05) is 0 Å². The zero-order valence-electron chi connectivity index (χ0n) is 3.88. The maximum absolute atomic E-state index is 8.69. The van der Waals surface area contributed by atoms with Crippen LogP contribution in [0.1, 0.15) is 0 Å². The van der Waals surface area contributed by atoms with Gasteiger partial charge in [0.05, 0.1) is 0 Å². The first kappa shape index (κ1) is 15.9. The Morgan fingerprint density at radius 3 is 1.14 bits per heavy atom. The second kappa shape index (κ2) is 5.81. The monoisotopic (exact) mass is 180 g/mol. The molecule has 0 radical (unpaired) electrons. The molecule has 0 atom stereocenters. The Hall–Kier alpha value is 1.68. The zero-order chi connectivity index (χ0) is 4.50. The van der Waals surface area contributed by atoms with E-state index in [0.717, 1.165) is 0 Å². The largest absolute Gasteiger partial charge is 2.00 e. The van der Waals surface area contributed by atoms with E-state index in [1.165, 1.54) is 0 Å². The van der Waals surface area contributed by atoms with E-state index in [1.54, 1.807) is 0 Å². The molecule has 0 aromatic carbocycles. The summed E-state index contributed by atoms with van der Waals surface area (Å²) in [6.45, 7) is 0. The van der Waals surface area contributed by atoms with Gasteiger partial charge in [0, 0.05) is 0 Å². The van der Waals surface area contributed by atoms with Crippen LogP contribution in [0.5, 0.6) is 0 Å². The quantitative estimate of drug-likeness (QED) is 0.376. The second-order valence-electron chi connectivity index (χ2n) is 0.524. The minimum absolute atomic E-state index is 0. The van der Waals surface area contributed by atoms with Crippen molar-refractivity contribution in [2.45, 2.75) is 0 Å². The molecule has 0 fully saturated rings. The predicted molar refractivity (Wildman–Crippen MR) is 7.97 cm³/mol. The average molecular weight is 181 g/mol. The molecule has 0 unspecified atom stereocenters. The summed E-state index contributed by atoms with van der Waals surface area (Å²) in [4.78, 5) is 33.1. The molecule has 7 heavy (non-hydrogen) atoms. The first-order valence-corrected chi connectivity index (χ1v) is 2.51. The molecule has 0 aliphatic heterocycles. The van der Waals surface area contributed by atoms with E-state index < -0.39 is 9.05 Å². The maximum Gasteiger partial charge on any atom is 2.00 e. The van der Waals surface area contributed by atoms with Crippen LogP contribution in [-0.4, -0.2) is 13.8 Å². The van der Waals surface area contributed by atoms with Crippen LogP contribution < -0.4 is 43.9 Å². The van der Waals surface area contributed by atoms with Crippen LogP contribution in [0.4, 0.5) is 0 Å². The first-order chi connectivity index (χ1) is 2.00. The third-order valence-electron chi connectivity index (χ3n) is 0. The Balaban J connectivity index is -0.0000000800. The summed E-state index contributed by atoms with van der Waals surface area (Å²) in [5.41, 5.74) is 0. The van der Waals surface area contributed by atoms with E-state index in [0.29, 0.717) is 0 Å². The fourth-order valence-electron chi connectivity index (χ4n) is 0. The summed E-state index contributed by atoms with van der Waals surface area (Å²) in [7, 11) is -5.36. The van der Waals surface area contributed by atoms with E-state index in [-0.39, 0.29) is 49.0 Å². The van der Waals surface area contributed by atoms with Gasteiger partial charge in [-0.25, -0.2) is 0 Å². The van der Waals surface area contributed by atoms with E-state index in [4.69, 9.17) is 19.2 Å². The molecule has 0 saturated heterocycles. The van der Waals surface area contributed by atoms with Gasteiger partial charge < -0.3 is 19.2 Å². The van der Waals surface area contributed by atoms with Crippen molar-refractivity contribution in [2.24, 2.45) is 0 Å². The van der Waals surface area contributed by atoms with Crippen LogP contribution in [0.15, 0.2) is 0 Å². The topological polar surface area (TPSA) is 89.4 Å². The van der Waals surface area contributed by atoms with Crippen LogP contribution in [-0.2, 0) is 19.5 Å². The molecule has 0 heterocycles. The zero-order valence-corrected chi connectivity index (χ0v) is 9.85. The van der Waals surface area contributed by atoms with Crippen LogP contribution in [0.2, 0.25) is 0 Å². The first-order valence-electron chi connectivity index (χ1n) is 0.836. The van der Waals surface area contributed by atoms with Crippen molar-refractivity contribution in [1.82, 2.24) is 0 Å². The van der Waals surface area contributed by atoms with Gasteiger partial charge in [-0.3, -0.25) is 0 Å². The molecule has 0 spiro atoms. The molecule has 4 nitrogen and oxygen atoms in total. The third-order valence-corrected chi connectivity index (χ3v) is 0. The van der Waals surface area contributed by atoms with E-state index in [9.17, 15) is 0 Å². The van der Waals surface area contributed by atoms with Crippen molar-refractivity contribution in [3.63, 3.8) is 0 Å². The minimum atomic E-state index is -5.36. The Morgan fingerprint density at radius 1 is 1.14 bits per heavy atom. The summed E-state index contributed by atoms with van der Waals surface area (Å²) in [5, 5.41) is 0. The summed E-state index contributed by atoms with van der Waals surface area (Å²) in [6.07, 6.45) is 0. The molecule has 1 N–H and O–H groups in total. The van der Waals surface area contributed by atoms with Crippen molar-refractivity contribution in [3.05, 3.63) is 0 Å². The van der Waals surface area contributed by atoms with Crippen molar-refractivity contribution < 1.29 is 68.2 Å². The van der Waals surface area contributed by atoms with Crippen molar-refractivity contribution in [3.8, 4) is 0 Å². The fourth-order valence-corrected chi connectivity index (χ4v) is 0. The van der Waals surface area contributed by atoms with Crippen LogP contribution >= 0.6 is 0 Å². The Kier molecular flexibility index (Phi) is 13.2. The van der Waals surface area contributed by atoms with Gasteiger partial charge in [0.25, 0.3) is 0 Å². The van der Waals surface area contributed by atoms with Gasteiger partial charge >= 0.3 is 49.0 Å². The summed E-state index contributed by atoms with van der Waals surface area (Å²) in [6, 6.07) is 0. The molecule has 32 valence electrons. The van der Waals surface area contributed by atoms with Crippen molar-refractivity contribution in [1.29, 1.82) is 0 Å². The molecule has 0 aliphatic carbocycles. The van der Waals surface area contributed by atoms with Gasteiger partial charge in [0.2, 0.25) is 0 Å². The smallest absolute Gasteiger partial charge is 0.861 e. The number of hydrogen-bond donors (Lipinski definition) is 1. The Bertz CT molecular complexity index is 27.2. The maximum atomic E-state index is 8.69. The molecule has 0 aromatic rings. The van der Waals surface area contributed by atoms with Gasteiger partial charge in [0.15, 0.2) is 0 Å². The molecule has 0 aromatic heterocycles. The van der Waals surface area contributed by atoms with Crippen molar-refractivity contribution in [2.75, 3.05) is 0 Å². The number of hydrogen-bond acceptors (Lipinski definition) is 4. The standard InChI is InChI=1S/Na.HO4Si.Zn/c;1-5(2,3)4;/h;1H;/q+1;-3;+2. The van der Waals surface area contributed by atoms with Gasteiger partial charge in [-0.2, -0.15) is 0 Å². The summed E-state index contributed by atoms with van der Waals surface area (Å²) in [5.74, 6) is 0. The van der Waals surface area contributed by atoms with E-state index in [1.807, 2.05) is 0 Å². The molecular formula is HNaO4SiZn. The molecule has 0 saturated carbocycles. The Labute approximate surface area is 76.7 Å². The molecule has 0 aliphatic rings. The van der Waals surface area contributed by atoms with Crippen LogP contribution in [0.3, 0.4) is 0 Å². The fraction of sp³-hybridized carbons (Fsp3) is 0. The number of rotatable bonds is 0. The van der Waals surface area contributed by atoms with Crippen molar-refractivity contribution >= 4 is 9.05 Å². The molecule has 0 rings (SSSR count). The van der Waals surface area contributed by atoms with Gasteiger partial charge in [0.1, 0.15) is 0 Å². The molecular weight excluding hydrogens is 180 g/mol. The van der Waals surface area contributed by atoms with E-state index >= 15 is 0 Å². The average Bonchev–Trinajstić information content (AvgIpc) is 0.722. The summed E-state index contributed by atoms with van der Waals surface area (Å²) >= 11 is 0. The molecule has 7 heteroatoms. The van der Waals surface area contributed by atoms with Crippen LogP contribution in [0.25, 0.3) is 0 Å².